The largest absolute Gasteiger partial charge is 0.343 e. The summed E-state index contributed by atoms with van der Waals surface area (Å²) in [6.07, 6.45) is 2.49. The van der Waals surface area contributed by atoms with Crippen LogP contribution in [0.25, 0.3) is 0 Å². The molecule has 17 heavy (non-hydrogen) atoms. The Bertz CT molecular complexity index is 414. The average molecular weight is 232 g/mol. The van der Waals surface area contributed by atoms with E-state index in [9.17, 15) is 4.79 Å². The normalized spacial score (nSPS) is 15.1. The molecule has 0 bridgehead atoms. The van der Waals surface area contributed by atoms with Gasteiger partial charge in [0.05, 0.1) is 0 Å². The Morgan fingerprint density at radius 1 is 1.35 bits per heavy atom. The lowest BCUT2D eigenvalue weighted by Crippen LogP contribution is -2.23. The molecular weight excluding hydrogens is 212 g/mol. The van der Waals surface area contributed by atoms with Crippen LogP contribution in [0.15, 0.2) is 12.1 Å². The summed E-state index contributed by atoms with van der Waals surface area (Å²) in [6.45, 7) is 4.23. The summed E-state index contributed by atoms with van der Waals surface area (Å²) in [5.41, 5.74) is 2.90. The Morgan fingerprint density at radius 2 is 2.00 bits per heavy atom. The molecule has 3 nitrogen and oxygen atoms in total. The number of carbonyl (C=O) groups excluding carboxylic acids is 1. The highest BCUT2D eigenvalue weighted by Gasteiger charge is 2.26. The Hall–Kier alpha value is -1.38. The Labute approximate surface area is 103 Å². The summed E-state index contributed by atoms with van der Waals surface area (Å²) in [5.74, 6) is 1.01. The quantitative estimate of drug-likeness (QED) is 0.803. The molecule has 0 saturated heterocycles. The number of hydrogen-bond donors (Lipinski definition) is 0. The number of carbonyl (C=O) groups is 1. The van der Waals surface area contributed by atoms with Gasteiger partial charge >= 0.3 is 0 Å². The number of pyridine rings is 1. The molecule has 1 aromatic rings. The van der Waals surface area contributed by atoms with Crippen molar-refractivity contribution in [3.05, 3.63) is 29.1 Å². The topological polar surface area (TPSA) is 33.2 Å². The van der Waals surface area contributed by atoms with Crippen molar-refractivity contribution in [3.8, 4) is 0 Å². The van der Waals surface area contributed by atoms with E-state index in [0.717, 1.165) is 5.69 Å². The van der Waals surface area contributed by atoms with Gasteiger partial charge in [0.25, 0.3) is 5.91 Å². The van der Waals surface area contributed by atoms with Gasteiger partial charge in [0.2, 0.25) is 0 Å². The standard InChI is InChI=1S/C14H20N2O/c1-9(2)12-7-11(10-5-6-10)8-13(15-12)14(17)16(3)4/h7-10H,5-6H2,1-4H3. The first-order valence-electron chi connectivity index (χ1n) is 6.22. The Morgan fingerprint density at radius 3 is 2.47 bits per heavy atom. The van der Waals surface area contributed by atoms with Gasteiger partial charge in [-0.25, -0.2) is 4.98 Å². The summed E-state index contributed by atoms with van der Waals surface area (Å²) in [4.78, 5) is 18.0. The zero-order chi connectivity index (χ0) is 12.6. The van der Waals surface area contributed by atoms with Gasteiger partial charge in [-0.05, 0) is 42.4 Å². The third kappa shape index (κ3) is 2.65. The Kier molecular flexibility index (Phi) is 3.18. The molecule has 1 aromatic heterocycles. The van der Waals surface area contributed by atoms with Gasteiger partial charge < -0.3 is 4.90 Å². The van der Waals surface area contributed by atoms with Crippen molar-refractivity contribution in [2.45, 2.75) is 38.5 Å². The van der Waals surface area contributed by atoms with Gasteiger partial charge in [-0.3, -0.25) is 4.79 Å². The monoisotopic (exact) mass is 232 g/mol. The summed E-state index contributed by atoms with van der Waals surface area (Å²) < 4.78 is 0. The van der Waals surface area contributed by atoms with Gasteiger partial charge in [0.1, 0.15) is 5.69 Å². The summed E-state index contributed by atoms with van der Waals surface area (Å²) in [5, 5.41) is 0. The molecule has 2 rings (SSSR count). The van der Waals surface area contributed by atoms with Crippen molar-refractivity contribution >= 4 is 5.91 Å². The fraction of sp³-hybridized carbons (Fsp3) is 0.571. The van der Waals surface area contributed by atoms with Crippen molar-refractivity contribution in [2.75, 3.05) is 14.1 Å². The van der Waals surface area contributed by atoms with Crippen molar-refractivity contribution in [3.63, 3.8) is 0 Å². The van der Waals surface area contributed by atoms with E-state index in [-0.39, 0.29) is 5.91 Å². The highest BCUT2D eigenvalue weighted by molar-refractivity contribution is 5.92. The van der Waals surface area contributed by atoms with E-state index >= 15 is 0 Å². The number of nitrogens with zero attached hydrogens (tertiary/aromatic N) is 2. The molecule has 0 N–H and O–H groups in total. The lowest BCUT2D eigenvalue weighted by molar-refractivity contribution is 0.0821. The second-order valence-electron chi connectivity index (χ2n) is 5.34. The number of rotatable bonds is 3. The second kappa shape index (κ2) is 4.47. The molecule has 1 heterocycles. The average Bonchev–Trinajstić information content (AvgIpc) is 3.11. The summed E-state index contributed by atoms with van der Waals surface area (Å²) in [6, 6.07) is 4.13. The van der Waals surface area contributed by atoms with Crippen LogP contribution in [0.2, 0.25) is 0 Å². The molecule has 1 saturated carbocycles. The van der Waals surface area contributed by atoms with Crippen LogP contribution >= 0.6 is 0 Å². The zero-order valence-electron chi connectivity index (χ0n) is 11.0. The van der Waals surface area contributed by atoms with E-state index < -0.39 is 0 Å². The fourth-order valence-electron chi connectivity index (χ4n) is 1.86. The van der Waals surface area contributed by atoms with Crippen LogP contribution in [-0.2, 0) is 0 Å². The first-order chi connectivity index (χ1) is 7.99. The molecule has 1 amide bonds. The van der Waals surface area contributed by atoms with Gasteiger partial charge in [-0.2, -0.15) is 0 Å². The Balaban J connectivity index is 2.40. The smallest absolute Gasteiger partial charge is 0.271 e. The maximum absolute atomic E-state index is 12.0. The van der Waals surface area contributed by atoms with Crippen LogP contribution in [-0.4, -0.2) is 29.9 Å². The van der Waals surface area contributed by atoms with Crippen molar-refractivity contribution in [1.29, 1.82) is 0 Å². The maximum atomic E-state index is 12.0. The van der Waals surface area contributed by atoms with E-state index in [2.05, 4.69) is 24.9 Å². The molecule has 0 spiro atoms. The number of amides is 1. The van der Waals surface area contributed by atoms with E-state index in [0.29, 0.717) is 17.5 Å². The summed E-state index contributed by atoms with van der Waals surface area (Å²) >= 11 is 0. The van der Waals surface area contributed by atoms with E-state index in [4.69, 9.17) is 0 Å². The predicted octanol–water partition coefficient (Wildman–Crippen LogP) is 2.78. The molecule has 1 aliphatic carbocycles. The lowest BCUT2D eigenvalue weighted by atomic mass is 10.0. The molecule has 0 aliphatic heterocycles. The second-order valence-corrected chi connectivity index (χ2v) is 5.34. The van der Waals surface area contributed by atoms with Gasteiger partial charge in [0, 0.05) is 19.8 Å². The molecule has 92 valence electrons. The number of aromatic nitrogens is 1. The van der Waals surface area contributed by atoms with Crippen LogP contribution in [0.3, 0.4) is 0 Å². The first kappa shape index (κ1) is 12.1. The van der Waals surface area contributed by atoms with Gasteiger partial charge in [-0.1, -0.05) is 13.8 Å². The van der Waals surface area contributed by atoms with Crippen LogP contribution in [0.1, 0.15) is 60.3 Å². The van der Waals surface area contributed by atoms with E-state index in [1.165, 1.54) is 18.4 Å². The maximum Gasteiger partial charge on any atom is 0.271 e. The zero-order valence-corrected chi connectivity index (χ0v) is 11.0. The molecule has 0 radical (unpaired) electrons. The molecule has 1 aliphatic rings. The minimum absolute atomic E-state index is 0.00519. The van der Waals surface area contributed by atoms with Crippen molar-refractivity contribution in [2.24, 2.45) is 0 Å². The minimum Gasteiger partial charge on any atom is -0.343 e. The van der Waals surface area contributed by atoms with Gasteiger partial charge in [0.15, 0.2) is 0 Å². The van der Waals surface area contributed by atoms with Crippen molar-refractivity contribution < 1.29 is 4.79 Å². The SMILES string of the molecule is CC(C)c1cc(C2CC2)cc(C(=O)N(C)C)n1. The minimum atomic E-state index is -0.00519. The fourth-order valence-corrected chi connectivity index (χ4v) is 1.86. The van der Waals surface area contributed by atoms with Crippen molar-refractivity contribution in [1.82, 2.24) is 9.88 Å². The molecule has 0 unspecified atom stereocenters. The molecule has 0 aromatic carbocycles. The molecule has 0 atom stereocenters. The lowest BCUT2D eigenvalue weighted by Gasteiger charge is -2.13. The van der Waals surface area contributed by atoms with Crippen LogP contribution in [0, 0.1) is 0 Å². The van der Waals surface area contributed by atoms with Gasteiger partial charge in [-0.15, -0.1) is 0 Å². The van der Waals surface area contributed by atoms with E-state index in [1.807, 2.05) is 6.07 Å². The highest BCUT2D eigenvalue weighted by atomic mass is 16.2. The van der Waals surface area contributed by atoms with Crippen LogP contribution in [0.4, 0.5) is 0 Å². The molecule has 3 heteroatoms. The molecule has 1 fully saturated rings. The van der Waals surface area contributed by atoms with Crippen LogP contribution in [0.5, 0.6) is 0 Å². The molecular formula is C14H20N2O. The predicted molar refractivity (Wildman–Crippen MR) is 68.3 cm³/mol. The third-order valence-corrected chi connectivity index (χ3v) is 3.13. The van der Waals surface area contributed by atoms with E-state index in [1.54, 1.807) is 19.0 Å². The first-order valence-corrected chi connectivity index (χ1v) is 6.22. The number of hydrogen-bond acceptors (Lipinski definition) is 2. The van der Waals surface area contributed by atoms with Crippen LogP contribution < -0.4 is 0 Å². The third-order valence-electron chi connectivity index (χ3n) is 3.13. The highest BCUT2D eigenvalue weighted by Crippen LogP contribution is 2.40. The summed E-state index contributed by atoms with van der Waals surface area (Å²) in [7, 11) is 3.53.